The largest absolute Gasteiger partial charge is 0.327 e. The molecule has 1 amide bonds. The summed E-state index contributed by atoms with van der Waals surface area (Å²) in [6.07, 6.45) is 3.92. The molecule has 3 aromatic rings. The van der Waals surface area contributed by atoms with Gasteiger partial charge in [0.15, 0.2) is 0 Å². The van der Waals surface area contributed by atoms with E-state index in [1.165, 1.54) is 11.3 Å². The van der Waals surface area contributed by atoms with Crippen molar-refractivity contribution in [1.82, 2.24) is 9.88 Å². The second-order valence-electron chi connectivity index (χ2n) is 6.54. The lowest BCUT2D eigenvalue weighted by Crippen LogP contribution is -2.35. The van der Waals surface area contributed by atoms with Crippen molar-refractivity contribution in [2.75, 3.05) is 0 Å². The predicted octanol–water partition coefficient (Wildman–Crippen LogP) is 5.83. The zero-order valence-electron chi connectivity index (χ0n) is 14.4. The third-order valence-corrected chi connectivity index (χ3v) is 6.03. The van der Waals surface area contributed by atoms with Crippen LogP contribution in [-0.4, -0.2) is 21.8 Å². The Balaban J connectivity index is 1.60. The normalized spacial score (nSPS) is 14.8. The van der Waals surface area contributed by atoms with Gasteiger partial charge in [-0.1, -0.05) is 29.8 Å². The van der Waals surface area contributed by atoms with Crippen molar-refractivity contribution in [1.29, 1.82) is 0 Å². The number of amides is 1. The van der Waals surface area contributed by atoms with Crippen LogP contribution in [0.25, 0.3) is 10.4 Å². The molecule has 1 aromatic carbocycles. The molecule has 1 saturated carbocycles. The van der Waals surface area contributed by atoms with Crippen molar-refractivity contribution in [2.24, 2.45) is 0 Å². The van der Waals surface area contributed by atoms with Crippen LogP contribution in [0, 0.1) is 0 Å². The van der Waals surface area contributed by atoms with Gasteiger partial charge >= 0.3 is 0 Å². The number of halogens is 1. The van der Waals surface area contributed by atoms with E-state index in [9.17, 15) is 4.79 Å². The number of thiophene rings is 1. The van der Waals surface area contributed by atoms with E-state index in [2.05, 4.69) is 11.9 Å². The van der Waals surface area contributed by atoms with Crippen LogP contribution < -0.4 is 0 Å². The highest BCUT2D eigenvalue weighted by atomic mass is 35.5. The van der Waals surface area contributed by atoms with E-state index in [-0.39, 0.29) is 11.9 Å². The first-order valence-corrected chi connectivity index (χ1v) is 9.92. The first-order chi connectivity index (χ1) is 12.6. The number of rotatable bonds is 5. The summed E-state index contributed by atoms with van der Waals surface area (Å²) in [5.74, 6) is 0.0934. The molecule has 3 nitrogen and oxygen atoms in total. The molecule has 26 heavy (non-hydrogen) atoms. The monoisotopic (exact) mass is 382 g/mol. The van der Waals surface area contributed by atoms with E-state index < -0.39 is 0 Å². The van der Waals surface area contributed by atoms with E-state index >= 15 is 0 Å². The molecule has 1 atom stereocenters. The highest BCUT2D eigenvalue weighted by Crippen LogP contribution is 2.37. The molecule has 1 aliphatic rings. The number of aromatic nitrogens is 1. The third kappa shape index (κ3) is 3.53. The smallest absolute Gasteiger partial charge is 0.264 e. The summed E-state index contributed by atoms with van der Waals surface area (Å²) < 4.78 is 0. The maximum Gasteiger partial charge on any atom is 0.264 e. The van der Waals surface area contributed by atoms with Crippen LogP contribution in [0.3, 0.4) is 0 Å². The molecular formula is C21H19ClN2OS. The summed E-state index contributed by atoms with van der Waals surface area (Å²) in [6.45, 7) is 2.06. The number of pyridine rings is 1. The average molecular weight is 383 g/mol. The van der Waals surface area contributed by atoms with Crippen LogP contribution in [0.2, 0.25) is 5.02 Å². The SMILES string of the molecule is CC(c1ccccn1)N(C(=O)c1ccc(-c2ccc(Cl)cc2)s1)C1CC1. The maximum atomic E-state index is 13.2. The van der Waals surface area contributed by atoms with E-state index in [1.54, 1.807) is 6.20 Å². The summed E-state index contributed by atoms with van der Waals surface area (Å²) in [4.78, 5) is 21.5. The maximum absolute atomic E-state index is 13.2. The lowest BCUT2D eigenvalue weighted by Gasteiger charge is -2.28. The summed E-state index contributed by atoms with van der Waals surface area (Å²) >= 11 is 7.50. The van der Waals surface area contributed by atoms with Crippen LogP contribution in [-0.2, 0) is 0 Å². The molecule has 2 heterocycles. The van der Waals surface area contributed by atoms with Crippen LogP contribution in [0.1, 0.15) is 41.2 Å². The van der Waals surface area contributed by atoms with Gasteiger partial charge in [-0.15, -0.1) is 11.3 Å². The molecule has 0 saturated heterocycles. The van der Waals surface area contributed by atoms with Crippen molar-refractivity contribution in [2.45, 2.75) is 31.8 Å². The van der Waals surface area contributed by atoms with Gasteiger partial charge in [-0.05, 0) is 61.7 Å². The second kappa shape index (κ2) is 7.22. The molecule has 132 valence electrons. The van der Waals surface area contributed by atoms with Gasteiger partial charge in [-0.25, -0.2) is 0 Å². The molecule has 0 N–H and O–H groups in total. The van der Waals surface area contributed by atoms with Gasteiger partial charge in [0.1, 0.15) is 0 Å². The fourth-order valence-electron chi connectivity index (χ4n) is 3.13. The number of benzene rings is 1. The summed E-state index contributed by atoms with van der Waals surface area (Å²) in [5, 5.41) is 0.714. The third-order valence-electron chi connectivity index (χ3n) is 4.65. The lowest BCUT2D eigenvalue weighted by atomic mass is 10.1. The molecule has 2 aromatic heterocycles. The first kappa shape index (κ1) is 17.3. The number of hydrogen-bond acceptors (Lipinski definition) is 3. The van der Waals surface area contributed by atoms with Crippen LogP contribution in [0.4, 0.5) is 0 Å². The summed E-state index contributed by atoms with van der Waals surface area (Å²) in [7, 11) is 0. The molecule has 0 spiro atoms. The van der Waals surface area contributed by atoms with Crippen molar-refractivity contribution < 1.29 is 4.79 Å². The fourth-order valence-corrected chi connectivity index (χ4v) is 4.21. The Morgan fingerprint density at radius 1 is 1.15 bits per heavy atom. The van der Waals surface area contributed by atoms with E-state index in [1.807, 2.05) is 59.5 Å². The zero-order valence-corrected chi connectivity index (χ0v) is 16.0. The van der Waals surface area contributed by atoms with Crippen molar-refractivity contribution in [3.8, 4) is 10.4 Å². The fraction of sp³-hybridized carbons (Fsp3) is 0.238. The Kier molecular flexibility index (Phi) is 4.79. The Hall–Kier alpha value is -2.17. The van der Waals surface area contributed by atoms with Gasteiger partial charge in [-0.3, -0.25) is 9.78 Å². The Morgan fingerprint density at radius 3 is 2.58 bits per heavy atom. The number of carbonyl (C=O) groups is 1. The highest BCUT2D eigenvalue weighted by Gasteiger charge is 2.37. The number of nitrogens with zero attached hydrogens (tertiary/aromatic N) is 2. The molecule has 5 heteroatoms. The molecule has 1 aliphatic carbocycles. The van der Waals surface area contributed by atoms with Crippen molar-refractivity contribution >= 4 is 28.8 Å². The minimum Gasteiger partial charge on any atom is -0.327 e. The van der Waals surface area contributed by atoms with Crippen LogP contribution in [0.15, 0.2) is 60.8 Å². The van der Waals surface area contributed by atoms with Crippen LogP contribution in [0.5, 0.6) is 0 Å². The van der Waals surface area contributed by atoms with Gasteiger partial charge in [-0.2, -0.15) is 0 Å². The van der Waals surface area contributed by atoms with E-state index in [0.717, 1.165) is 33.9 Å². The lowest BCUT2D eigenvalue weighted by molar-refractivity contribution is 0.0675. The summed E-state index contributed by atoms with van der Waals surface area (Å²) in [6, 6.07) is 17.8. The van der Waals surface area contributed by atoms with Crippen LogP contribution >= 0.6 is 22.9 Å². The second-order valence-corrected chi connectivity index (χ2v) is 8.07. The Labute approximate surface area is 162 Å². The Morgan fingerprint density at radius 2 is 1.92 bits per heavy atom. The number of hydrogen-bond donors (Lipinski definition) is 0. The first-order valence-electron chi connectivity index (χ1n) is 8.73. The molecule has 4 rings (SSSR count). The van der Waals surface area contributed by atoms with Crippen molar-refractivity contribution in [3.63, 3.8) is 0 Å². The standard InChI is InChI=1S/C21H19ClN2OS/c1-14(18-4-2-3-13-23-18)24(17-9-10-17)21(25)20-12-11-19(26-20)15-5-7-16(22)8-6-15/h2-8,11-14,17H,9-10H2,1H3. The van der Waals surface area contributed by atoms with Gasteiger partial charge in [0.25, 0.3) is 5.91 Å². The van der Waals surface area contributed by atoms with E-state index in [4.69, 9.17) is 11.6 Å². The van der Waals surface area contributed by atoms with Gasteiger partial charge in [0, 0.05) is 22.1 Å². The quantitative estimate of drug-likeness (QED) is 0.556. The number of carbonyl (C=O) groups excluding carboxylic acids is 1. The van der Waals surface area contributed by atoms with Crippen molar-refractivity contribution in [3.05, 3.63) is 76.4 Å². The molecular weight excluding hydrogens is 364 g/mol. The van der Waals surface area contributed by atoms with Gasteiger partial charge in [0.05, 0.1) is 16.6 Å². The Bertz CT molecular complexity index is 903. The molecule has 1 unspecified atom stereocenters. The topological polar surface area (TPSA) is 33.2 Å². The van der Waals surface area contributed by atoms with Gasteiger partial charge in [0.2, 0.25) is 0 Å². The predicted molar refractivity (Wildman–Crippen MR) is 107 cm³/mol. The zero-order chi connectivity index (χ0) is 18.1. The molecule has 0 aliphatic heterocycles. The average Bonchev–Trinajstić information content (AvgIpc) is 3.37. The molecule has 1 fully saturated rings. The minimum atomic E-state index is -0.0303. The highest BCUT2D eigenvalue weighted by molar-refractivity contribution is 7.17. The molecule has 0 radical (unpaired) electrons. The summed E-state index contributed by atoms with van der Waals surface area (Å²) in [5.41, 5.74) is 2.01. The molecule has 0 bridgehead atoms. The minimum absolute atomic E-state index is 0.0303. The van der Waals surface area contributed by atoms with Gasteiger partial charge < -0.3 is 4.90 Å². The van der Waals surface area contributed by atoms with E-state index in [0.29, 0.717) is 11.1 Å².